The monoisotopic (exact) mass is 258 g/mol. The number of benzene rings is 1. The number of hydrogen-bond acceptors (Lipinski definition) is 3. The second-order valence-electron chi connectivity index (χ2n) is 5.07. The van der Waals surface area contributed by atoms with Gasteiger partial charge in [0.25, 0.3) is 0 Å². The number of fused-ring (bicyclic) bond motifs is 1. The van der Waals surface area contributed by atoms with E-state index in [4.69, 9.17) is 0 Å². The molecule has 2 N–H and O–H groups in total. The van der Waals surface area contributed by atoms with Crippen LogP contribution in [0.1, 0.15) is 17.5 Å². The summed E-state index contributed by atoms with van der Waals surface area (Å²) in [5, 5.41) is 20.7. The average Bonchev–Trinajstić information content (AvgIpc) is 2.66. The second-order valence-corrected chi connectivity index (χ2v) is 5.07. The van der Waals surface area contributed by atoms with E-state index < -0.39 is 0 Å². The molecule has 0 bridgehead atoms. The molecule has 4 heteroatoms. The molecule has 0 radical (unpaired) electrons. The van der Waals surface area contributed by atoms with Gasteiger partial charge in [-0.3, -0.25) is 4.57 Å². The largest absolute Gasteiger partial charge is 0.494 e. The van der Waals surface area contributed by atoms with E-state index in [1.54, 1.807) is 4.57 Å². The molecule has 0 saturated carbocycles. The quantitative estimate of drug-likeness (QED) is 0.869. The smallest absolute Gasteiger partial charge is 0.218 e. The molecule has 0 spiro atoms. The molecule has 0 unspecified atom stereocenters. The summed E-state index contributed by atoms with van der Waals surface area (Å²) in [7, 11) is 1.95. The van der Waals surface area contributed by atoms with E-state index in [1.165, 1.54) is 0 Å². The number of anilines is 1. The third kappa shape index (κ3) is 1.93. The Morgan fingerprint density at radius 3 is 2.53 bits per heavy atom. The molecule has 1 aliphatic heterocycles. The summed E-state index contributed by atoms with van der Waals surface area (Å²) in [5.74, 6) is 0.362. The van der Waals surface area contributed by atoms with E-state index in [9.17, 15) is 10.2 Å². The highest BCUT2D eigenvalue weighted by Gasteiger charge is 2.27. The summed E-state index contributed by atoms with van der Waals surface area (Å²) in [6.45, 7) is 1.40. The predicted molar refractivity (Wildman–Crippen MR) is 74.9 cm³/mol. The molecule has 0 atom stereocenters. The van der Waals surface area contributed by atoms with E-state index in [0.29, 0.717) is 6.54 Å². The molecule has 0 saturated heterocycles. The van der Waals surface area contributed by atoms with Crippen LogP contribution in [-0.4, -0.2) is 28.4 Å². The van der Waals surface area contributed by atoms with Crippen LogP contribution in [-0.2, 0) is 13.0 Å². The zero-order valence-electron chi connectivity index (χ0n) is 11.0. The first kappa shape index (κ1) is 12.0. The Balaban J connectivity index is 2.03. The number of nitrogens with zero attached hydrogens (tertiary/aromatic N) is 2. The third-order valence-electron chi connectivity index (χ3n) is 3.76. The van der Waals surface area contributed by atoms with Crippen LogP contribution in [0.25, 0.3) is 0 Å². The first-order chi connectivity index (χ1) is 9.18. The van der Waals surface area contributed by atoms with Crippen molar-refractivity contribution in [1.29, 1.82) is 0 Å². The number of aromatic hydroxyl groups is 2. The Morgan fingerprint density at radius 1 is 1.11 bits per heavy atom. The first-order valence-electron chi connectivity index (χ1n) is 6.57. The number of hydrogen-bond donors (Lipinski definition) is 2. The van der Waals surface area contributed by atoms with Crippen molar-refractivity contribution in [3.63, 3.8) is 0 Å². The van der Waals surface area contributed by atoms with Crippen LogP contribution in [0.3, 0.4) is 0 Å². The lowest BCUT2D eigenvalue weighted by atomic mass is 10.1. The van der Waals surface area contributed by atoms with Crippen molar-refractivity contribution in [1.82, 2.24) is 4.57 Å². The summed E-state index contributed by atoms with van der Waals surface area (Å²) >= 11 is 0. The van der Waals surface area contributed by atoms with Gasteiger partial charge >= 0.3 is 0 Å². The van der Waals surface area contributed by atoms with E-state index in [1.807, 2.05) is 42.3 Å². The molecule has 2 aromatic rings. The van der Waals surface area contributed by atoms with Crippen LogP contribution in [0.15, 0.2) is 30.3 Å². The van der Waals surface area contributed by atoms with Gasteiger partial charge in [-0.15, -0.1) is 0 Å². The molecular weight excluding hydrogens is 240 g/mol. The van der Waals surface area contributed by atoms with Crippen molar-refractivity contribution in [2.75, 3.05) is 18.5 Å². The Morgan fingerprint density at radius 2 is 1.84 bits per heavy atom. The maximum Gasteiger partial charge on any atom is 0.218 e. The Labute approximate surface area is 112 Å². The molecule has 1 aliphatic rings. The fraction of sp³-hybridized carbons (Fsp3) is 0.333. The lowest BCUT2D eigenvalue weighted by Crippen LogP contribution is -2.23. The first-order valence-corrected chi connectivity index (χ1v) is 6.57. The minimum Gasteiger partial charge on any atom is -0.494 e. The lowest BCUT2D eigenvalue weighted by Gasteiger charge is -2.24. The summed E-state index contributed by atoms with van der Waals surface area (Å²) in [6, 6.07) is 9.85. The van der Waals surface area contributed by atoms with Crippen LogP contribution in [0, 0.1) is 0 Å². The molecule has 4 nitrogen and oxygen atoms in total. The van der Waals surface area contributed by atoms with E-state index in [-0.39, 0.29) is 11.8 Å². The zero-order chi connectivity index (χ0) is 13.4. The van der Waals surface area contributed by atoms with Gasteiger partial charge in [0, 0.05) is 19.2 Å². The van der Waals surface area contributed by atoms with Gasteiger partial charge in [0.1, 0.15) is 5.69 Å². The maximum absolute atomic E-state index is 10.3. The van der Waals surface area contributed by atoms with Crippen molar-refractivity contribution >= 4 is 5.69 Å². The summed E-state index contributed by atoms with van der Waals surface area (Å²) in [5.41, 5.74) is 2.70. The van der Waals surface area contributed by atoms with Crippen LogP contribution < -0.4 is 4.90 Å². The van der Waals surface area contributed by atoms with E-state index >= 15 is 0 Å². The zero-order valence-corrected chi connectivity index (χ0v) is 11.0. The van der Waals surface area contributed by atoms with Crippen molar-refractivity contribution in [3.05, 3.63) is 41.5 Å². The molecule has 0 amide bonds. The van der Waals surface area contributed by atoms with Crippen LogP contribution in [0.2, 0.25) is 0 Å². The molecule has 100 valence electrons. The minimum absolute atomic E-state index is 0.165. The molecule has 0 aliphatic carbocycles. The highest BCUT2D eigenvalue weighted by Crippen LogP contribution is 2.43. The molecule has 3 rings (SSSR count). The minimum atomic E-state index is 0.165. The lowest BCUT2D eigenvalue weighted by molar-refractivity contribution is 0.376. The van der Waals surface area contributed by atoms with Crippen molar-refractivity contribution in [2.24, 2.45) is 0 Å². The Hall–Kier alpha value is -2.10. The summed E-state index contributed by atoms with van der Waals surface area (Å²) in [6.07, 6.45) is 1.83. The van der Waals surface area contributed by atoms with Gasteiger partial charge in [-0.1, -0.05) is 30.3 Å². The summed E-state index contributed by atoms with van der Waals surface area (Å²) in [4.78, 5) is 2.01. The normalized spacial score (nSPS) is 14.5. The van der Waals surface area contributed by atoms with E-state index in [0.717, 1.165) is 36.2 Å². The van der Waals surface area contributed by atoms with Gasteiger partial charge in [-0.2, -0.15) is 0 Å². The maximum atomic E-state index is 10.3. The molecular formula is C15H18N2O2. The Bertz CT molecular complexity index is 590. The van der Waals surface area contributed by atoms with Gasteiger partial charge in [-0.25, -0.2) is 0 Å². The highest BCUT2D eigenvalue weighted by molar-refractivity contribution is 5.67. The number of aromatic nitrogens is 1. The highest BCUT2D eigenvalue weighted by atomic mass is 16.3. The standard InChI is InChI=1S/C15H18N2O2/c1-16-9-5-8-12-13(16)15(19)17(14(12)18)10-11-6-3-2-4-7-11/h2-4,6-7,18-19H,5,8-10H2,1H3. The van der Waals surface area contributed by atoms with Crippen LogP contribution in [0.4, 0.5) is 5.69 Å². The van der Waals surface area contributed by atoms with Gasteiger partial charge in [0.05, 0.1) is 6.54 Å². The summed E-state index contributed by atoms with van der Waals surface area (Å²) < 4.78 is 1.59. The van der Waals surface area contributed by atoms with Crippen molar-refractivity contribution in [3.8, 4) is 11.8 Å². The number of rotatable bonds is 2. The van der Waals surface area contributed by atoms with Gasteiger partial charge < -0.3 is 15.1 Å². The molecule has 1 aromatic heterocycles. The SMILES string of the molecule is CN1CCCc2c1c(O)n(Cc1ccccc1)c2O. The molecule has 0 fully saturated rings. The second kappa shape index (κ2) is 4.53. The van der Waals surface area contributed by atoms with Gasteiger partial charge in [0.2, 0.25) is 5.88 Å². The fourth-order valence-corrected chi connectivity index (χ4v) is 2.78. The average molecular weight is 258 g/mol. The third-order valence-corrected chi connectivity index (χ3v) is 3.76. The van der Waals surface area contributed by atoms with Crippen LogP contribution in [0.5, 0.6) is 11.8 Å². The van der Waals surface area contributed by atoms with Gasteiger partial charge in [-0.05, 0) is 18.4 Å². The van der Waals surface area contributed by atoms with Crippen LogP contribution >= 0.6 is 0 Å². The topological polar surface area (TPSA) is 48.6 Å². The van der Waals surface area contributed by atoms with E-state index in [2.05, 4.69) is 0 Å². The van der Waals surface area contributed by atoms with Crippen molar-refractivity contribution in [2.45, 2.75) is 19.4 Å². The molecule has 1 aromatic carbocycles. The predicted octanol–water partition coefficient (Wildman–Crippen LogP) is 2.33. The Kier molecular flexibility index (Phi) is 2.85. The fourth-order valence-electron chi connectivity index (χ4n) is 2.78. The molecule has 2 heterocycles. The van der Waals surface area contributed by atoms with Gasteiger partial charge in [0.15, 0.2) is 5.88 Å². The molecule has 19 heavy (non-hydrogen) atoms. The van der Waals surface area contributed by atoms with Crippen molar-refractivity contribution < 1.29 is 10.2 Å².